The molecule has 1 heterocycles. The van der Waals surface area contributed by atoms with Gasteiger partial charge in [0, 0.05) is 11.1 Å². The van der Waals surface area contributed by atoms with E-state index < -0.39 is 0 Å². The van der Waals surface area contributed by atoms with Crippen LogP contribution >= 0.6 is 23.6 Å². The molecule has 0 radical (unpaired) electrons. The molecule has 0 aliphatic heterocycles. The summed E-state index contributed by atoms with van der Waals surface area (Å²) in [5.41, 5.74) is 3.76. The third-order valence-electron chi connectivity index (χ3n) is 2.67. The lowest BCUT2D eigenvalue weighted by atomic mass is 10.1. The molecule has 0 saturated carbocycles. The van der Waals surface area contributed by atoms with Gasteiger partial charge in [-0.3, -0.25) is 4.57 Å². The lowest BCUT2D eigenvalue weighted by Crippen LogP contribution is -2.03. The van der Waals surface area contributed by atoms with E-state index in [2.05, 4.69) is 55.0 Å². The van der Waals surface area contributed by atoms with Crippen LogP contribution in [0.1, 0.15) is 31.0 Å². The van der Waals surface area contributed by atoms with Gasteiger partial charge in [-0.2, -0.15) is 0 Å². The van der Waals surface area contributed by atoms with Gasteiger partial charge in [-0.1, -0.05) is 32.0 Å². The van der Waals surface area contributed by atoms with Crippen LogP contribution in [0.25, 0.3) is 5.69 Å². The molecule has 0 amide bonds. The van der Waals surface area contributed by atoms with Crippen LogP contribution in [0.15, 0.2) is 29.6 Å². The summed E-state index contributed by atoms with van der Waals surface area (Å²) in [6, 6.07) is 8.37. The first kappa shape index (κ1) is 11.6. The van der Waals surface area contributed by atoms with E-state index in [0.717, 1.165) is 3.95 Å². The average molecular weight is 249 g/mol. The monoisotopic (exact) mass is 249 g/mol. The van der Waals surface area contributed by atoms with Crippen molar-refractivity contribution >= 4 is 23.6 Å². The maximum atomic E-state index is 5.42. The van der Waals surface area contributed by atoms with E-state index in [1.54, 1.807) is 11.3 Å². The van der Waals surface area contributed by atoms with Crippen LogP contribution in [0.5, 0.6) is 0 Å². The van der Waals surface area contributed by atoms with E-state index in [1.807, 2.05) is 0 Å². The lowest BCUT2D eigenvalue weighted by molar-refractivity contribution is 0.782. The van der Waals surface area contributed by atoms with Crippen LogP contribution in [-0.2, 0) is 0 Å². The minimum absolute atomic E-state index is 0.493. The predicted octanol–water partition coefficient (Wildman–Crippen LogP) is 4.70. The van der Waals surface area contributed by atoms with Crippen LogP contribution in [0.4, 0.5) is 0 Å². The molecule has 2 aromatic rings. The van der Waals surface area contributed by atoms with Gasteiger partial charge in [0.25, 0.3) is 0 Å². The average Bonchev–Trinajstić information content (AvgIpc) is 2.61. The summed E-state index contributed by atoms with van der Waals surface area (Å²) < 4.78 is 3.12. The molecule has 0 spiro atoms. The van der Waals surface area contributed by atoms with Crippen LogP contribution < -0.4 is 0 Å². The fraction of sp³-hybridized carbons (Fsp3) is 0.308. The summed E-state index contributed by atoms with van der Waals surface area (Å²) >= 11 is 7.06. The van der Waals surface area contributed by atoms with Crippen LogP contribution in [-0.4, -0.2) is 4.57 Å². The standard InChI is InChI=1S/C13H15NS2/c1-9(2)12-8-16-13(15)14(12)11-7-5-4-6-10(11)3/h4-9H,1-3H3. The fourth-order valence-corrected chi connectivity index (χ4v) is 3.02. The molecule has 1 aromatic carbocycles. The molecule has 3 heteroatoms. The van der Waals surface area contributed by atoms with Gasteiger partial charge in [0.05, 0.1) is 5.69 Å². The van der Waals surface area contributed by atoms with Crippen molar-refractivity contribution in [3.63, 3.8) is 0 Å². The number of nitrogens with zero attached hydrogens (tertiary/aromatic N) is 1. The summed E-state index contributed by atoms with van der Waals surface area (Å²) in [6.07, 6.45) is 0. The highest BCUT2D eigenvalue weighted by molar-refractivity contribution is 7.73. The second-order valence-electron chi connectivity index (χ2n) is 4.20. The Kier molecular flexibility index (Phi) is 3.26. The molecular formula is C13H15NS2. The van der Waals surface area contributed by atoms with Crippen molar-refractivity contribution in [2.75, 3.05) is 0 Å². The third kappa shape index (κ3) is 1.97. The maximum Gasteiger partial charge on any atom is 0.165 e. The van der Waals surface area contributed by atoms with Crippen molar-refractivity contribution < 1.29 is 0 Å². The van der Waals surface area contributed by atoms with Gasteiger partial charge >= 0.3 is 0 Å². The Hall–Kier alpha value is -0.930. The number of benzene rings is 1. The molecule has 2 rings (SSSR count). The van der Waals surface area contributed by atoms with Crippen LogP contribution in [0.2, 0.25) is 0 Å². The van der Waals surface area contributed by atoms with E-state index in [4.69, 9.17) is 12.2 Å². The van der Waals surface area contributed by atoms with Crippen molar-refractivity contribution in [2.24, 2.45) is 0 Å². The van der Waals surface area contributed by atoms with Gasteiger partial charge in [-0.05, 0) is 36.7 Å². The number of hydrogen-bond donors (Lipinski definition) is 0. The lowest BCUT2D eigenvalue weighted by Gasteiger charge is -2.13. The van der Waals surface area contributed by atoms with E-state index in [0.29, 0.717) is 5.92 Å². The second-order valence-corrected chi connectivity index (χ2v) is 5.71. The Morgan fingerprint density at radius 3 is 2.56 bits per heavy atom. The van der Waals surface area contributed by atoms with E-state index >= 15 is 0 Å². The molecule has 0 bridgehead atoms. The smallest absolute Gasteiger partial charge is 0.165 e. The second kappa shape index (κ2) is 4.52. The Balaban J connectivity index is 2.69. The van der Waals surface area contributed by atoms with Crippen molar-refractivity contribution in [3.8, 4) is 5.69 Å². The first-order valence-electron chi connectivity index (χ1n) is 5.37. The topological polar surface area (TPSA) is 4.93 Å². The summed E-state index contributed by atoms with van der Waals surface area (Å²) in [5, 5.41) is 2.17. The molecule has 0 aliphatic rings. The minimum Gasteiger partial charge on any atom is -0.295 e. The first-order valence-corrected chi connectivity index (χ1v) is 6.66. The quantitative estimate of drug-likeness (QED) is 0.698. The molecule has 0 N–H and O–H groups in total. The number of hydrogen-bond acceptors (Lipinski definition) is 2. The predicted molar refractivity (Wildman–Crippen MR) is 73.3 cm³/mol. The van der Waals surface area contributed by atoms with Crippen molar-refractivity contribution in [1.82, 2.24) is 4.57 Å². The summed E-state index contributed by atoms with van der Waals surface area (Å²) in [6.45, 7) is 6.52. The highest BCUT2D eigenvalue weighted by Crippen LogP contribution is 2.25. The number of rotatable bonds is 2. The van der Waals surface area contributed by atoms with Gasteiger partial charge in [0.1, 0.15) is 0 Å². The van der Waals surface area contributed by atoms with Crippen molar-refractivity contribution in [2.45, 2.75) is 26.7 Å². The summed E-state index contributed by atoms with van der Waals surface area (Å²) in [7, 11) is 0. The molecule has 0 fully saturated rings. The fourth-order valence-electron chi connectivity index (χ4n) is 1.77. The summed E-state index contributed by atoms with van der Waals surface area (Å²) in [4.78, 5) is 0. The first-order chi connectivity index (χ1) is 7.61. The molecule has 1 aromatic heterocycles. The Morgan fingerprint density at radius 2 is 1.94 bits per heavy atom. The largest absolute Gasteiger partial charge is 0.295 e. The zero-order chi connectivity index (χ0) is 11.7. The van der Waals surface area contributed by atoms with E-state index in [9.17, 15) is 0 Å². The number of para-hydroxylation sites is 1. The summed E-state index contributed by atoms with van der Waals surface area (Å²) in [5.74, 6) is 0.493. The number of aromatic nitrogens is 1. The molecular weight excluding hydrogens is 234 g/mol. The molecule has 0 aliphatic carbocycles. The van der Waals surface area contributed by atoms with Crippen molar-refractivity contribution in [1.29, 1.82) is 0 Å². The van der Waals surface area contributed by atoms with Gasteiger partial charge < -0.3 is 0 Å². The SMILES string of the molecule is Cc1ccccc1-n1c(C(C)C)csc1=S. The molecule has 84 valence electrons. The van der Waals surface area contributed by atoms with Crippen LogP contribution in [0, 0.1) is 10.9 Å². The van der Waals surface area contributed by atoms with E-state index in [1.165, 1.54) is 16.9 Å². The molecule has 16 heavy (non-hydrogen) atoms. The molecule has 1 nitrogen and oxygen atoms in total. The third-order valence-corrected chi connectivity index (χ3v) is 3.88. The Bertz CT molecular complexity index is 549. The van der Waals surface area contributed by atoms with Gasteiger partial charge in [-0.25, -0.2) is 0 Å². The highest BCUT2D eigenvalue weighted by Gasteiger charge is 2.11. The molecule has 0 saturated heterocycles. The van der Waals surface area contributed by atoms with Crippen LogP contribution in [0.3, 0.4) is 0 Å². The highest BCUT2D eigenvalue weighted by atomic mass is 32.1. The zero-order valence-electron chi connectivity index (χ0n) is 9.73. The zero-order valence-corrected chi connectivity index (χ0v) is 11.4. The van der Waals surface area contributed by atoms with Gasteiger partial charge in [0.15, 0.2) is 3.95 Å². The Labute approximate surface area is 105 Å². The number of thiazole rings is 1. The van der Waals surface area contributed by atoms with E-state index in [-0.39, 0.29) is 0 Å². The van der Waals surface area contributed by atoms with Gasteiger partial charge in [0.2, 0.25) is 0 Å². The number of aryl methyl sites for hydroxylation is 1. The molecule has 0 unspecified atom stereocenters. The van der Waals surface area contributed by atoms with Gasteiger partial charge in [-0.15, -0.1) is 11.3 Å². The Morgan fingerprint density at radius 1 is 1.25 bits per heavy atom. The maximum absolute atomic E-state index is 5.42. The normalized spacial score (nSPS) is 11.0. The molecule has 0 atom stereocenters. The minimum atomic E-state index is 0.493. The van der Waals surface area contributed by atoms with Crippen molar-refractivity contribution in [3.05, 3.63) is 44.9 Å².